The van der Waals surface area contributed by atoms with Gasteiger partial charge in [-0.15, -0.1) is 0 Å². The molecule has 1 aromatic carbocycles. The molecule has 0 aliphatic heterocycles. The van der Waals surface area contributed by atoms with E-state index in [4.69, 9.17) is 27.6 Å². The Labute approximate surface area is 110 Å². The highest BCUT2D eigenvalue weighted by Gasteiger charge is 2.25. The van der Waals surface area contributed by atoms with Gasteiger partial charge in [0.1, 0.15) is 0 Å². The molecule has 0 amide bonds. The predicted octanol–water partition coefficient (Wildman–Crippen LogP) is 4.04. The number of hydrogen-bond donors (Lipinski definition) is 1. The summed E-state index contributed by atoms with van der Waals surface area (Å²) in [4.78, 5) is 0. The van der Waals surface area contributed by atoms with Crippen molar-refractivity contribution in [3.63, 3.8) is 0 Å². The summed E-state index contributed by atoms with van der Waals surface area (Å²) in [5, 5.41) is 11.6. The molecular formula is C13H12Cl2O2. The summed E-state index contributed by atoms with van der Waals surface area (Å²) in [7, 11) is 0. The van der Waals surface area contributed by atoms with Gasteiger partial charge in [0, 0.05) is 22.0 Å². The van der Waals surface area contributed by atoms with Crippen LogP contribution in [0.15, 0.2) is 41.2 Å². The molecule has 1 N–H and O–H groups in total. The maximum absolute atomic E-state index is 10.4. The first-order valence-electron chi connectivity index (χ1n) is 5.18. The van der Waals surface area contributed by atoms with Gasteiger partial charge in [0.15, 0.2) is 0 Å². The van der Waals surface area contributed by atoms with Gasteiger partial charge in [0.05, 0.1) is 18.1 Å². The van der Waals surface area contributed by atoms with Crippen molar-refractivity contribution in [2.24, 2.45) is 0 Å². The fourth-order valence-corrected chi connectivity index (χ4v) is 2.10. The first-order chi connectivity index (χ1) is 7.99. The van der Waals surface area contributed by atoms with E-state index < -0.39 is 5.60 Å². The molecule has 1 aromatic heterocycles. The Balaban J connectivity index is 2.29. The molecule has 0 spiro atoms. The molecule has 0 saturated heterocycles. The number of halogens is 2. The van der Waals surface area contributed by atoms with Crippen LogP contribution in [-0.4, -0.2) is 5.11 Å². The topological polar surface area (TPSA) is 33.4 Å². The van der Waals surface area contributed by atoms with E-state index in [1.54, 1.807) is 31.2 Å². The van der Waals surface area contributed by atoms with Crippen LogP contribution in [0.1, 0.15) is 18.1 Å². The van der Waals surface area contributed by atoms with Gasteiger partial charge in [-0.1, -0.05) is 23.2 Å². The monoisotopic (exact) mass is 270 g/mol. The highest BCUT2D eigenvalue weighted by molar-refractivity contribution is 6.33. The number of furan rings is 1. The van der Waals surface area contributed by atoms with E-state index in [2.05, 4.69) is 0 Å². The van der Waals surface area contributed by atoms with Gasteiger partial charge in [0.2, 0.25) is 0 Å². The standard InChI is InChI=1S/C13H12Cl2O2/c1-13(16,10-4-5-17-8-10)7-9-6-11(14)2-3-12(9)15/h2-6,8,16H,7H2,1H3. The lowest BCUT2D eigenvalue weighted by molar-refractivity contribution is 0.0570. The molecule has 90 valence electrons. The van der Waals surface area contributed by atoms with Gasteiger partial charge >= 0.3 is 0 Å². The summed E-state index contributed by atoms with van der Waals surface area (Å²) in [5.41, 5.74) is 0.500. The van der Waals surface area contributed by atoms with Gasteiger partial charge in [-0.25, -0.2) is 0 Å². The highest BCUT2D eigenvalue weighted by Crippen LogP contribution is 2.30. The molecular weight excluding hydrogens is 259 g/mol. The summed E-state index contributed by atoms with van der Waals surface area (Å²) in [6.07, 6.45) is 3.44. The minimum absolute atomic E-state index is 0.381. The van der Waals surface area contributed by atoms with Crippen molar-refractivity contribution >= 4 is 23.2 Å². The highest BCUT2D eigenvalue weighted by atomic mass is 35.5. The van der Waals surface area contributed by atoms with Gasteiger partial charge in [0.25, 0.3) is 0 Å². The van der Waals surface area contributed by atoms with Crippen LogP contribution in [0.2, 0.25) is 10.0 Å². The van der Waals surface area contributed by atoms with Crippen LogP contribution < -0.4 is 0 Å². The Morgan fingerprint density at radius 3 is 2.71 bits per heavy atom. The average Bonchev–Trinajstić information content (AvgIpc) is 2.77. The lowest BCUT2D eigenvalue weighted by Gasteiger charge is -2.22. The molecule has 0 radical (unpaired) electrons. The summed E-state index contributed by atoms with van der Waals surface area (Å²) < 4.78 is 4.97. The van der Waals surface area contributed by atoms with Crippen LogP contribution in [-0.2, 0) is 12.0 Å². The van der Waals surface area contributed by atoms with E-state index in [1.807, 2.05) is 0 Å². The van der Waals surface area contributed by atoms with Crippen LogP contribution in [0.3, 0.4) is 0 Å². The van der Waals surface area contributed by atoms with Crippen LogP contribution >= 0.6 is 23.2 Å². The fourth-order valence-electron chi connectivity index (χ4n) is 1.72. The van der Waals surface area contributed by atoms with E-state index in [-0.39, 0.29) is 0 Å². The maximum atomic E-state index is 10.4. The van der Waals surface area contributed by atoms with Gasteiger partial charge in [-0.05, 0) is 36.8 Å². The van der Waals surface area contributed by atoms with E-state index in [1.165, 1.54) is 12.5 Å². The van der Waals surface area contributed by atoms with E-state index in [0.717, 1.165) is 5.56 Å². The van der Waals surface area contributed by atoms with Gasteiger partial charge in [-0.3, -0.25) is 0 Å². The largest absolute Gasteiger partial charge is 0.472 e. The third-order valence-corrected chi connectivity index (χ3v) is 3.29. The fraction of sp³-hybridized carbons (Fsp3) is 0.231. The molecule has 4 heteroatoms. The first kappa shape index (κ1) is 12.5. The lowest BCUT2D eigenvalue weighted by Crippen LogP contribution is -2.23. The second-order valence-electron chi connectivity index (χ2n) is 4.20. The smallest absolute Gasteiger partial charge is 0.0963 e. The second-order valence-corrected chi connectivity index (χ2v) is 5.04. The van der Waals surface area contributed by atoms with E-state index in [0.29, 0.717) is 22.0 Å². The van der Waals surface area contributed by atoms with Crippen LogP contribution in [0.4, 0.5) is 0 Å². The molecule has 2 nitrogen and oxygen atoms in total. The molecule has 0 bridgehead atoms. The van der Waals surface area contributed by atoms with Crippen LogP contribution in [0, 0.1) is 0 Å². The molecule has 0 saturated carbocycles. The molecule has 17 heavy (non-hydrogen) atoms. The number of aliphatic hydroxyl groups is 1. The molecule has 1 unspecified atom stereocenters. The molecule has 0 fully saturated rings. The summed E-state index contributed by atoms with van der Waals surface area (Å²) in [6.45, 7) is 1.72. The third-order valence-electron chi connectivity index (χ3n) is 2.69. The Morgan fingerprint density at radius 2 is 2.06 bits per heavy atom. The summed E-state index contributed by atoms with van der Waals surface area (Å²) in [5.74, 6) is 0. The van der Waals surface area contributed by atoms with Crippen molar-refractivity contribution in [1.29, 1.82) is 0 Å². The van der Waals surface area contributed by atoms with Crippen molar-refractivity contribution in [1.82, 2.24) is 0 Å². The first-order valence-corrected chi connectivity index (χ1v) is 5.93. The van der Waals surface area contributed by atoms with Gasteiger partial charge in [-0.2, -0.15) is 0 Å². The third kappa shape index (κ3) is 2.83. The second kappa shape index (κ2) is 4.73. The minimum Gasteiger partial charge on any atom is -0.472 e. The Kier molecular flexibility index (Phi) is 3.48. The zero-order chi connectivity index (χ0) is 12.5. The maximum Gasteiger partial charge on any atom is 0.0963 e. The van der Waals surface area contributed by atoms with Crippen molar-refractivity contribution in [2.45, 2.75) is 18.9 Å². The van der Waals surface area contributed by atoms with Crippen molar-refractivity contribution in [3.8, 4) is 0 Å². The Bertz CT molecular complexity index is 504. The normalized spacial score (nSPS) is 14.6. The Morgan fingerprint density at radius 1 is 1.29 bits per heavy atom. The van der Waals surface area contributed by atoms with Crippen molar-refractivity contribution in [3.05, 3.63) is 58.0 Å². The lowest BCUT2D eigenvalue weighted by atomic mass is 9.91. The van der Waals surface area contributed by atoms with Crippen molar-refractivity contribution in [2.75, 3.05) is 0 Å². The van der Waals surface area contributed by atoms with Crippen LogP contribution in [0.25, 0.3) is 0 Å². The SMILES string of the molecule is CC(O)(Cc1cc(Cl)ccc1Cl)c1ccoc1. The number of hydrogen-bond acceptors (Lipinski definition) is 2. The summed E-state index contributed by atoms with van der Waals surface area (Å²) >= 11 is 12.0. The predicted molar refractivity (Wildman–Crippen MR) is 68.4 cm³/mol. The Hall–Kier alpha value is -0.960. The average molecular weight is 271 g/mol. The molecule has 2 aromatic rings. The number of benzene rings is 1. The zero-order valence-electron chi connectivity index (χ0n) is 9.28. The van der Waals surface area contributed by atoms with Gasteiger partial charge < -0.3 is 9.52 Å². The molecule has 0 aliphatic carbocycles. The van der Waals surface area contributed by atoms with Crippen molar-refractivity contribution < 1.29 is 9.52 Å². The number of rotatable bonds is 3. The quantitative estimate of drug-likeness (QED) is 0.914. The molecule has 2 rings (SSSR count). The zero-order valence-corrected chi connectivity index (χ0v) is 10.8. The van der Waals surface area contributed by atoms with E-state index >= 15 is 0 Å². The molecule has 0 aliphatic rings. The molecule has 1 atom stereocenters. The minimum atomic E-state index is -1.03. The molecule has 1 heterocycles. The summed E-state index contributed by atoms with van der Waals surface area (Å²) in [6, 6.07) is 6.95. The van der Waals surface area contributed by atoms with Crippen LogP contribution in [0.5, 0.6) is 0 Å². The van der Waals surface area contributed by atoms with E-state index in [9.17, 15) is 5.11 Å².